The highest BCUT2D eigenvalue weighted by molar-refractivity contribution is 7.11. The molecule has 0 amide bonds. The molecule has 1 aliphatic heterocycles. The zero-order valence-electron chi connectivity index (χ0n) is 12.8. The number of carbonyl (C=O) groups excluding carboxylic acids is 1. The number of hydrogen-bond donors (Lipinski definition) is 0. The molecule has 2 aromatic rings. The second kappa shape index (κ2) is 5.49. The van der Waals surface area contributed by atoms with Crippen LogP contribution in [0.4, 0.5) is 0 Å². The minimum absolute atomic E-state index is 0.257. The van der Waals surface area contributed by atoms with E-state index in [1.165, 1.54) is 27.2 Å². The van der Waals surface area contributed by atoms with Gasteiger partial charge in [-0.05, 0) is 48.0 Å². The number of Topliss-reactive ketones (excluding diaryl/α,β-unsaturated/α-hetero) is 1. The molecular weight excluding hydrogens is 290 g/mol. The first-order valence-electron chi connectivity index (χ1n) is 7.84. The number of ketones is 1. The molecule has 2 aliphatic rings. The van der Waals surface area contributed by atoms with Crippen LogP contribution in [0.25, 0.3) is 5.57 Å². The molecule has 112 valence electrons. The number of fused-ring (bicyclic) bond motifs is 2. The maximum absolute atomic E-state index is 12.6. The molecule has 2 nitrogen and oxygen atoms in total. The van der Waals surface area contributed by atoms with Gasteiger partial charge in [-0.25, -0.2) is 0 Å². The number of carbonyl (C=O) groups is 1. The summed E-state index contributed by atoms with van der Waals surface area (Å²) in [5.41, 5.74) is 6.24. The lowest BCUT2D eigenvalue weighted by atomic mass is 9.90. The molecule has 0 unspecified atom stereocenters. The fourth-order valence-corrected chi connectivity index (χ4v) is 4.54. The van der Waals surface area contributed by atoms with Gasteiger partial charge in [0.15, 0.2) is 5.78 Å². The molecule has 0 bridgehead atoms. The van der Waals surface area contributed by atoms with Crippen LogP contribution in [0.5, 0.6) is 0 Å². The summed E-state index contributed by atoms with van der Waals surface area (Å²) in [6, 6.07) is 10.4. The third-order valence-electron chi connectivity index (χ3n) is 4.77. The van der Waals surface area contributed by atoms with E-state index in [2.05, 4.69) is 35.5 Å². The number of thiophene rings is 1. The van der Waals surface area contributed by atoms with E-state index in [9.17, 15) is 4.79 Å². The van der Waals surface area contributed by atoms with E-state index in [4.69, 9.17) is 0 Å². The maximum atomic E-state index is 12.6. The summed E-state index contributed by atoms with van der Waals surface area (Å²) in [5, 5.41) is 2.06. The molecular formula is C19H19NOS. The first-order chi connectivity index (χ1) is 10.7. The van der Waals surface area contributed by atoms with Crippen LogP contribution >= 0.6 is 11.3 Å². The largest absolute Gasteiger partial charge is 0.306 e. The normalized spacial score (nSPS) is 18.9. The molecule has 4 rings (SSSR count). The summed E-state index contributed by atoms with van der Waals surface area (Å²) in [6.07, 6.45) is 2.73. The van der Waals surface area contributed by atoms with E-state index in [1.807, 2.05) is 12.1 Å². The molecule has 0 radical (unpaired) electrons. The van der Waals surface area contributed by atoms with Crippen LogP contribution in [0.3, 0.4) is 0 Å². The molecule has 1 fully saturated rings. The van der Waals surface area contributed by atoms with Crippen molar-refractivity contribution < 1.29 is 4.79 Å². The third-order valence-corrected chi connectivity index (χ3v) is 5.71. The fraction of sp³-hybridized carbons (Fsp3) is 0.316. The lowest BCUT2D eigenvalue weighted by molar-refractivity contribution is 0.0993. The van der Waals surface area contributed by atoms with Crippen LogP contribution in [0.15, 0.2) is 41.3 Å². The minimum Gasteiger partial charge on any atom is -0.306 e. The Morgan fingerprint density at radius 2 is 1.82 bits per heavy atom. The van der Waals surface area contributed by atoms with Crippen LogP contribution in [0.1, 0.15) is 39.2 Å². The van der Waals surface area contributed by atoms with Crippen LogP contribution in [-0.2, 0) is 6.42 Å². The van der Waals surface area contributed by atoms with Crippen molar-refractivity contribution in [3.8, 4) is 0 Å². The monoisotopic (exact) mass is 309 g/mol. The van der Waals surface area contributed by atoms with Gasteiger partial charge in [-0.15, -0.1) is 11.3 Å². The number of rotatable bonds is 0. The molecule has 1 aromatic heterocycles. The van der Waals surface area contributed by atoms with Crippen molar-refractivity contribution in [2.75, 3.05) is 20.1 Å². The highest BCUT2D eigenvalue weighted by atomic mass is 32.1. The lowest BCUT2D eigenvalue weighted by Crippen LogP contribution is -2.26. The zero-order valence-corrected chi connectivity index (χ0v) is 13.6. The van der Waals surface area contributed by atoms with Crippen LogP contribution < -0.4 is 0 Å². The van der Waals surface area contributed by atoms with E-state index < -0.39 is 0 Å². The fourth-order valence-electron chi connectivity index (χ4n) is 3.52. The Morgan fingerprint density at radius 3 is 2.64 bits per heavy atom. The van der Waals surface area contributed by atoms with Crippen LogP contribution in [0.2, 0.25) is 0 Å². The van der Waals surface area contributed by atoms with Crippen molar-refractivity contribution >= 4 is 22.7 Å². The lowest BCUT2D eigenvalue weighted by Gasteiger charge is -2.26. The van der Waals surface area contributed by atoms with Gasteiger partial charge in [0, 0.05) is 30.0 Å². The Bertz CT molecular complexity index is 761. The van der Waals surface area contributed by atoms with Crippen molar-refractivity contribution in [2.45, 2.75) is 19.3 Å². The van der Waals surface area contributed by atoms with Crippen molar-refractivity contribution in [3.63, 3.8) is 0 Å². The van der Waals surface area contributed by atoms with E-state index in [-0.39, 0.29) is 5.78 Å². The average Bonchev–Trinajstić information content (AvgIpc) is 2.96. The Kier molecular flexibility index (Phi) is 3.47. The second-order valence-corrected chi connectivity index (χ2v) is 7.12. The van der Waals surface area contributed by atoms with Crippen molar-refractivity contribution in [3.05, 3.63) is 62.9 Å². The van der Waals surface area contributed by atoms with Gasteiger partial charge in [-0.3, -0.25) is 4.79 Å². The molecule has 1 aliphatic carbocycles. The van der Waals surface area contributed by atoms with Gasteiger partial charge in [0.2, 0.25) is 0 Å². The van der Waals surface area contributed by atoms with Crippen molar-refractivity contribution in [2.24, 2.45) is 0 Å². The van der Waals surface area contributed by atoms with Gasteiger partial charge in [-0.2, -0.15) is 0 Å². The first kappa shape index (κ1) is 13.9. The predicted octanol–water partition coefficient (Wildman–Crippen LogP) is 4.01. The molecule has 2 heterocycles. The van der Waals surface area contributed by atoms with Gasteiger partial charge >= 0.3 is 0 Å². The molecule has 3 heteroatoms. The SMILES string of the molecule is CN1CCC(=C2c3ccccc3CC(=O)c3ccsc32)CC1. The quantitative estimate of drug-likeness (QED) is 0.733. The van der Waals surface area contributed by atoms with Crippen LogP contribution in [0, 0.1) is 0 Å². The van der Waals surface area contributed by atoms with Gasteiger partial charge in [0.1, 0.15) is 0 Å². The van der Waals surface area contributed by atoms with Gasteiger partial charge in [0.05, 0.1) is 0 Å². The first-order valence-corrected chi connectivity index (χ1v) is 8.72. The van der Waals surface area contributed by atoms with Gasteiger partial charge in [-0.1, -0.05) is 29.8 Å². The number of hydrogen-bond acceptors (Lipinski definition) is 3. The summed E-state index contributed by atoms with van der Waals surface area (Å²) in [4.78, 5) is 16.2. The number of nitrogens with zero attached hydrogens (tertiary/aromatic N) is 1. The number of likely N-dealkylation sites (tertiary alicyclic amines) is 1. The second-order valence-electron chi connectivity index (χ2n) is 6.20. The molecule has 1 saturated heterocycles. The van der Waals surface area contributed by atoms with E-state index in [1.54, 1.807) is 11.3 Å². The summed E-state index contributed by atoms with van der Waals surface area (Å²) >= 11 is 1.72. The summed E-state index contributed by atoms with van der Waals surface area (Å²) in [5.74, 6) is 0.257. The molecule has 0 saturated carbocycles. The van der Waals surface area contributed by atoms with Crippen LogP contribution in [-0.4, -0.2) is 30.8 Å². The summed E-state index contributed by atoms with van der Waals surface area (Å²) in [7, 11) is 2.18. The topological polar surface area (TPSA) is 20.3 Å². The maximum Gasteiger partial charge on any atom is 0.168 e. The minimum atomic E-state index is 0.257. The van der Waals surface area contributed by atoms with Crippen molar-refractivity contribution in [1.29, 1.82) is 0 Å². The smallest absolute Gasteiger partial charge is 0.168 e. The summed E-state index contributed by atoms with van der Waals surface area (Å²) in [6.45, 7) is 2.21. The Hall–Kier alpha value is -1.71. The zero-order chi connectivity index (χ0) is 15.1. The molecule has 0 spiro atoms. The Labute approximate surface area is 135 Å². The molecule has 1 aromatic carbocycles. The van der Waals surface area contributed by atoms with Gasteiger partial charge in [0.25, 0.3) is 0 Å². The average molecular weight is 309 g/mol. The van der Waals surface area contributed by atoms with E-state index in [0.29, 0.717) is 6.42 Å². The van der Waals surface area contributed by atoms with Gasteiger partial charge < -0.3 is 4.90 Å². The predicted molar refractivity (Wildman–Crippen MR) is 91.5 cm³/mol. The van der Waals surface area contributed by atoms with E-state index >= 15 is 0 Å². The number of piperidine rings is 1. The highest BCUT2D eigenvalue weighted by Crippen LogP contribution is 2.40. The third kappa shape index (κ3) is 2.25. The van der Waals surface area contributed by atoms with Crippen molar-refractivity contribution in [1.82, 2.24) is 4.90 Å². The molecule has 0 N–H and O–H groups in total. The number of benzene rings is 1. The summed E-state index contributed by atoms with van der Waals surface area (Å²) < 4.78 is 0. The molecule has 0 atom stereocenters. The Balaban J connectivity index is 1.96. The Morgan fingerprint density at radius 1 is 1.05 bits per heavy atom. The van der Waals surface area contributed by atoms with E-state index in [0.717, 1.165) is 31.5 Å². The standard InChI is InChI=1S/C19H19NOS/c1-20-9-6-13(7-10-20)18-15-5-3-2-4-14(15)12-17(21)16-8-11-22-19(16)18/h2-5,8,11H,6-7,9-10,12H2,1H3. The highest BCUT2D eigenvalue weighted by Gasteiger charge is 2.27. The molecule has 22 heavy (non-hydrogen) atoms.